The van der Waals surface area contributed by atoms with E-state index >= 15 is 0 Å². The third-order valence-corrected chi connectivity index (χ3v) is 7.99. The van der Waals surface area contributed by atoms with Gasteiger partial charge < -0.3 is 4.74 Å². The highest BCUT2D eigenvalue weighted by Crippen LogP contribution is 2.29. The smallest absolute Gasteiger partial charge is 0.310 e. The first-order valence-electron chi connectivity index (χ1n) is 14.2. The van der Waals surface area contributed by atoms with E-state index < -0.39 is 39.3 Å². The summed E-state index contributed by atoms with van der Waals surface area (Å²) < 4.78 is 34.1. The standard InChI is InChI=1S/C34H42N2O5S/c1-26(2)24-31(30(33(38)41-34(3,4)5)23-15-20-27-16-9-6-10-17-27)32(37)35-36(29-21-13-8-14-22-29)42(39,40)25-28-18-11-7-12-19-28/h6-22,26,30-31H,23-25H2,1-5H3,(H,35,37)/t30-,31+/m0/s1. The number of allylic oxidation sites excluding steroid dienone is 1. The van der Waals surface area contributed by atoms with Crippen molar-refractivity contribution >= 4 is 33.7 Å². The number of sulfonamides is 1. The Kier molecular flexibility index (Phi) is 11.5. The minimum Gasteiger partial charge on any atom is -0.460 e. The minimum atomic E-state index is -4.04. The molecule has 3 rings (SSSR count). The average Bonchev–Trinajstić information content (AvgIpc) is 2.93. The van der Waals surface area contributed by atoms with Crippen molar-refractivity contribution in [3.8, 4) is 0 Å². The topological polar surface area (TPSA) is 92.8 Å². The third kappa shape index (κ3) is 10.2. The number of benzene rings is 3. The van der Waals surface area contributed by atoms with Crippen LogP contribution >= 0.6 is 0 Å². The SMILES string of the molecule is CC(C)C[C@@H](C(=O)NN(c1ccccc1)S(=O)(=O)Cc1ccccc1)[C@H](CC=Cc1ccccc1)C(=O)OC(C)(C)C. The molecule has 0 aliphatic carbocycles. The molecule has 42 heavy (non-hydrogen) atoms. The highest BCUT2D eigenvalue weighted by atomic mass is 32.2. The zero-order chi connectivity index (χ0) is 30.8. The van der Waals surface area contributed by atoms with Crippen LogP contribution in [0, 0.1) is 17.8 Å². The van der Waals surface area contributed by atoms with Gasteiger partial charge in [0.2, 0.25) is 5.91 Å². The van der Waals surface area contributed by atoms with Crippen LogP contribution in [0.3, 0.4) is 0 Å². The van der Waals surface area contributed by atoms with Crippen molar-refractivity contribution in [2.75, 3.05) is 4.41 Å². The molecule has 0 radical (unpaired) electrons. The predicted molar refractivity (Wildman–Crippen MR) is 169 cm³/mol. The molecule has 0 saturated carbocycles. The lowest BCUT2D eigenvalue weighted by molar-refractivity contribution is -0.164. The van der Waals surface area contributed by atoms with Crippen LogP contribution in [0.25, 0.3) is 6.08 Å². The fourth-order valence-electron chi connectivity index (χ4n) is 4.57. The van der Waals surface area contributed by atoms with Crippen LogP contribution in [0.15, 0.2) is 97.1 Å². The molecule has 0 aliphatic heterocycles. The van der Waals surface area contributed by atoms with Gasteiger partial charge >= 0.3 is 5.97 Å². The van der Waals surface area contributed by atoms with E-state index in [-0.39, 0.29) is 18.1 Å². The zero-order valence-corrected chi connectivity index (χ0v) is 25.9. The number of hydrogen-bond donors (Lipinski definition) is 1. The van der Waals surface area contributed by atoms with Crippen LogP contribution < -0.4 is 9.84 Å². The summed E-state index contributed by atoms with van der Waals surface area (Å²) in [6.07, 6.45) is 4.38. The van der Waals surface area contributed by atoms with Crippen LogP contribution in [0.4, 0.5) is 5.69 Å². The van der Waals surface area contributed by atoms with Gasteiger partial charge in [0.1, 0.15) is 5.60 Å². The van der Waals surface area contributed by atoms with Gasteiger partial charge in [0, 0.05) is 0 Å². The summed E-state index contributed by atoms with van der Waals surface area (Å²) in [7, 11) is -4.04. The second-order valence-corrected chi connectivity index (χ2v) is 13.6. The summed E-state index contributed by atoms with van der Waals surface area (Å²) in [5.74, 6) is -3.01. The molecule has 0 bridgehead atoms. The maximum absolute atomic E-state index is 14.1. The maximum atomic E-state index is 14.1. The number of carbonyl (C=O) groups excluding carboxylic acids is 2. The molecule has 3 aromatic rings. The highest BCUT2D eigenvalue weighted by molar-refractivity contribution is 7.92. The van der Waals surface area contributed by atoms with Gasteiger partial charge in [0.25, 0.3) is 10.0 Å². The van der Waals surface area contributed by atoms with Gasteiger partial charge in [0.05, 0.1) is 23.3 Å². The summed E-state index contributed by atoms with van der Waals surface area (Å²) >= 11 is 0. The largest absolute Gasteiger partial charge is 0.460 e. The number of esters is 1. The van der Waals surface area contributed by atoms with E-state index in [1.54, 1.807) is 75.4 Å². The van der Waals surface area contributed by atoms with Crippen LogP contribution in [0.2, 0.25) is 0 Å². The highest BCUT2D eigenvalue weighted by Gasteiger charge is 2.38. The van der Waals surface area contributed by atoms with Gasteiger partial charge in [-0.05, 0) is 62.8 Å². The lowest BCUT2D eigenvalue weighted by Crippen LogP contribution is -2.51. The third-order valence-electron chi connectivity index (χ3n) is 6.43. The van der Waals surface area contributed by atoms with Crippen LogP contribution in [0.1, 0.15) is 58.6 Å². The second kappa shape index (κ2) is 14.8. The van der Waals surface area contributed by atoms with Gasteiger partial charge in [-0.25, -0.2) is 8.42 Å². The van der Waals surface area contributed by atoms with Gasteiger partial charge in [-0.3, -0.25) is 15.0 Å². The molecule has 8 heteroatoms. The van der Waals surface area contributed by atoms with E-state index in [4.69, 9.17) is 4.74 Å². The number of hydrogen-bond acceptors (Lipinski definition) is 5. The Bertz CT molecular complexity index is 1420. The molecule has 224 valence electrons. The van der Waals surface area contributed by atoms with Crippen molar-refractivity contribution in [1.29, 1.82) is 0 Å². The monoisotopic (exact) mass is 590 g/mol. The molecule has 0 unspecified atom stereocenters. The number of ether oxygens (including phenoxy) is 1. The molecular weight excluding hydrogens is 548 g/mol. The second-order valence-electron chi connectivity index (χ2n) is 11.7. The summed E-state index contributed by atoms with van der Waals surface area (Å²) in [5.41, 5.74) is 3.77. The van der Waals surface area contributed by atoms with E-state index in [9.17, 15) is 18.0 Å². The number of hydrazine groups is 1. The number of amides is 1. The molecule has 0 fully saturated rings. The van der Waals surface area contributed by atoms with Gasteiger partial charge in [-0.15, -0.1) is 0 Å². The summed E-state index contributed by atoms with van der Waals surface area (Å²) in [4.78, 5) is 27.6. The molecular formula is C34H42N2O5S. The van der Waals surface area contributed by atoms with Crippen molar-refractivity contribution in [1.82, 2.24) is 5.43 Å². The van der Waals surface area contributed by atoms with Crippen LogP contribution in [0.5, 0.6) is 0 Å². The number of para-hydroxylation sites is 1. The molecule has 1 N–H and O–H groups in total. The predicted octanol–water partition coefficient (Wildman–Crippen LogP) is 6.78. The molecule has 0 aliphatic rings. The van der Waals surface area contributed by atoms with Crippen molar-refractivity contribution in [3.05, 3.63) is 108 Å². The Morgan fingerprint density at radius 1 is 0.857 bits per heavy atom. The molecule has 0 aromatic heterocycles. The Morgan fingerprint density at radius 3 is 1.95 bits per heavy atom. The molecule has 2 atom stereocenters. The van der Waals surface area contributed by atoms with Crippen molar-refractivity contribution < 1.29 is 22.7 Å². The Morgan fingerprint density at radius 2 is 1.40 bits per heavy atom. The van der Waals surface area contributed by atoms with Crippen molar-refractivity contribution in [3.63, 3.8) is 0 Å². The molecule has 1 amide bonds. The maximum Gasteiger partial charge on any atom is 0.310 e. The number of nitrogens with one attached hydrogen (secondary N) is 1. The average molecular weight is 591 g/mol. The van der Waals surface area contributed by atoms with Gasteiger partial charge in [0.15, 0.2) is 0 Å². The minimum absolute atomic E-state index is 0.0508. The molecule has 0 heterocycles. The van der Waals surface area contributed by atoms with E-state index in [2.05, 4.69) is 5.43 Å². The first-order chi connectivity index (χ1) is 19.9. The molecule has 3 aromatic carbocycles. The summed E-state index contributed by atoms with van der Waals surface area (Å²) in [5, 5.41) is 0. The van der Waals surface area contributed by atoms with Crippen molar-refractivity contribution in [2.24, 2.45) is 17.8 Å². The molecule has 0 saturated heterocycles. The quantitative estimate of drug-likeness (QED) is 0.175. The fraction of sp³-hybridized carbons (Fsp3) is 0.353. The summed E-state index contributed by atoms with van der Waals surface area (Å²) in [6, 6.07) is 26.9. The number of anilines is 1. The number of carbonyl (C=O) groups is 2. The van der Waals surface area contributed by atoms with Gasteiger partial charge in [-0.2, -0.15) is 4.41 Å². The first-order valence-corrected chi connectivity index (χ1v) is 15.8. The Hall–Kier alpha value is -3.91. The number of rotatable bonds is 13. The normalized spacial score (nSPS) is 13.5. The van der Waals surface area contributed by atoms with Crippen LogP contribution in [-0.4, -0.2) is 25.9 Å². The van der Waals surface area contributed by atoms with E-state index in [0.717, 1.165) is 9.98 Å². The lowest BCUT2D eigenvalue weighted by Gasteiger charge is -2.31. The van der Waals surface area contributed by atoms with E-state index in [1.807, 2.05) is 62.4 Å². The molecule has 0 spiro atoms. The van der Waals surface area contributed by atoms with E-state index in [1.165, 1.54) is 0 Å². The number of nitrogens with zero attached hydrogens (tertiary/aromatic N) is 1. The molecule has 7 nitrogen and oxygen atoms in total. The fourth-order valence-corrected chi connectivity index (χ4v) is 5.98. The van der Waals surface area contributed by atoms with Crippen LogP contribution in [-0.2, 0) is 30.1 Å². The van der Waals surface area contributed by atoms with E-state index in [0.29, 0.717) is 17.7 Å². The van der Waals surface area contributed by atoms with Crippen molar-refractivity contribution in [2.45, 2.75) is 58.8 Å². The lowest BCUT2D eigenvalue weighted by atomic mass is 9.82. The summed E-state index contributed by atoms with van der Waals surface area (Å²) in [6.45, 7) is 9.28. The Balaban J connectivity index is 1.98. The first kappa shape index (κ1) is 32.6. The van der Waals surface area contributed by atoms with Gasteiger partial charge in [-0.1, -0.05) is 105 Å². The Labute approximate surface area is 250 Å². The zero-order valence-electron chi connectivity index (χ0n) is 25.1.